The van der Waals surface area contributed by atoms with Crippen molar-refractivity contribution >= 4 is 22.9 Å². The Balaban J connectivity index is 1.85. The van der Waals surface area contributed by atoms with Crippen LogP contribution in [0.25, 0.3) is 11.0 Å². The summed E-state index contributed by atoms with van der Waals surface area (Å²) in [6.07, 6.45) is 5.75. The molecule has 1 fully saturated rings. The molecule has 2 heterocycles. The summed E-state index contributed by atoms with van der Waals surface area (Å²) >= 11 is 0. The van der Waals surface area contributed by atoms with Gasteiger partial charge in [0.15, 0.2) is 5.82 Å². The van der Waals surface area contributed by atoms with Gasteiger partial charge in [-0.05, 0) is 53.0 Å². The van der Waals surface area contributed by atoms with Gasteiger partial charge in [0.25, 0.3) is 0 Å². The molecule has 1 saturated carbocycles. The second-order valence-corrected chi connectivity index (χ2v) is 8.97. The molecule has 2 aromatic rings. The molecule has 0 atom stereocenters. The number of imidazole rings is 1. The summed E-state index contributed by atoms with van der Waals surface area (Å²) in [5.74, 6) is 1.21. The van der Waals surface area contributed by atoms with Crippen LogP contribution in [0.15, 0.2) is 0 Å². The first kappa shape index (κ1) is 22.3. The van der Waals surface area contributed by atoms with E-state index in [1.54, 1.807) is 0 Å². The van der Waals surface area contributed by atoms with Crippen molar-refractivity contribution in [3.8, 4) is 0 Å². The van der Waals surface area contributed by atoms with Gasteiger partial charge in [0, 0.05) is 24.9 Å². The lowest BCUT2D eigenvalue weighted by Crippen LogP contribution is -2.53. The van der Waals surface area contributed by atoms with Gasteiger partial charge in [-0.2, -0.15) is 0 Å². The molecular formula is C22H36N6O2. The number of nitrogens with one attached hydrogen (secondary N) is 2. The Morgan fingerprint density at radius 1 is 1.23 bits per heavy atom. The number of hydrogen-bond donors (Lipinski definition) is 3. The van der Waals surface area contributed by atoms with E-state index >= 15 is 0 Å². The Labute approximate surface area is 179 Å². The number of carbonyl (C=O) groups excluding carboxylic acids is 1. The van der Waals surface area contributed by atoms with Gasteiger partial charge in [0.1, 0.15) is 17.9 Å². The topological polar surface area (TPSA) is 107 Å². The quantitative estimate of drug-likeness (QED) is 0.639. The molecule has 0 saturated heterocycles. The van der Waals surface area contributed by atoms with Crippen LogP contribution in [0.4, 0.5) is 10.6 Å². The summed E-state index contributed by atoms with van der Waals surface area (Å²) < 4.78 is 7.77. The number of aromatic nitrogens is 3. The number of pyridine rings is 1. The molecule has 2 amide bonds. The fraction of sp³-hybridized carbons (Fsp3) is 0.682. The first-order valence-electron chi connectivity index (χ1n) is 11.0. The maximum absolute atomic E-state index is 12.6. The lowest BCUT2D eigenvalue weighted by Gasteiger charge is -2.30. The highest BCUT2D eigenvalue weighted by Gasteiger charge is 2.27. The fourth-order valence-electron chi connectivity index (χ4n) is 4.23. The minimum atomic E-state index is -0.494. The standard InChI is InChI=1S/C22H36N6O2/c1-6-30-12-17-26-18-19(14(2)15(3)24-20(18)23)28(17)13-22(4,5)27-21(29)25-16-10-8-7-9-11-16/h16H,6-13H2,1-5H3,(H2,23,24)(H2,25,27,29). The van der Waals surface area contributed by atoms with Gasteiger partial charge in [-0.1, -0.05) is 19.3 Å². The molecule has 0 spiro atoms. The average molecular weight is 417 g/mol. The number of nitrogens with two attached hydrogens (primary N) is 1. The monoisotopic (exact) mass is 416 g/mol. The third-order valence-electron chi connectivity index (χ3n) is 5.86. The van der Waals surface area contributed by atoms with E-state index < -0.39 is 5.54 Å². The van der Waals surface area contributed by atoms with Crippen LogP contribution in [0.1, 0.15) is 70.0 Å². The van der Waals surface area contributed by atoms with Crippen molar-refractivity contribution in [2.24, 2.45) is 0 Å². The number of ether oxygens (including phenoxy) is 1. The summed E-state index contributed by atoms with van der Waals surface area (Å²) in [4.78, 5) is 21.8. The number of hydrogen-bond acceptors (Lipinski definition) is 5. The molecule has 3 rings (SSSR count). The van der Waals surface area contributed by atoms with Gasteiger partial charge in [0.2, 0.25) is 0 Å². The molecule has 0 bridgehead atoms. The number of rotatable bonds is 7. The highest BCUT2D eigenvalue weighted by molar-refractivity contribution is 5.88. The average Bonchev–Trinajstić information content (AvgIpc) is 3.03. The second-order valence-electron chi connectivity index (χ2n) is 8.97. The van der Waals surface area contributed by atoms with Crippen LogP contribution in [-0.2, 0) is 17.9 Å². The highest BCUT2D eigenvalue weighted by atomic mass is 16.5. The van der Waals surface area contributed by atoms with E-state index in [4.69, 9.17) is 15.5 Å². The molecule has 1 aliphatic rings. The van der Waals surface area contributed by atoms with E-state index in [0.29, 0.717) is 31.1 Å². The Morgan fingerprint density at radius 3 is 2.60 bits per heavy atom. The normalized spacial score (nSPS) is 15.5. The van der Waals surface area contributed by atoms with Crippen molar-refractivity contribution in [1.29, 1.82) is 0 Å². The predicted molar refractivity (Wildman–Crippen MR) is 119 cm³/mol. The molecule has 166 valence electrons. The first-order valence-corrected chi connectivity index (χ1v) is 11.0. The third-order valence-corrected chi connectivity index (χ3v) is 5.86. The summed E-state index contributed by atoms with van der Waals surface area (Å²) in [6.45, 7) is 11.5. The summed E-state index contributed by atoms with van der Waals surface area (Å²) in [5.41, 5.74) is 9.25. The van der Waals surface area contributed by atoms with Gasteiger partial charge in [-0.15, -0.1) is 0 Å². The maximum Gasteiger partial charge on any atom is 0.315 e. The molecule has 0 unspecified atom stereocenters. The third kappa shape index (κ3) is 5.03. The van der Waals surface area contributed by atoms with Crippen molar-refractivity contribution in [3.63, 3.8) is 0 Å². The summed E-state index contributed by atoms with van der Waals surface area (Å²) in [5, 5.41) is 6.29. The highest BCUT2D eigenvalue weighted by Crippen LogP contribution is 2.28. The number of nitrogens with zero attached hydrogens (tertiary/aromatic N) is 3. The number of fused-ring (bicyclic) bond motifs is 1. The number of aryl methyl sites for hydroxylation is 2. The van der Waals surface area contributed by atoms with Gasteiger partial charge in [0.05, 0.1) is 11.1 Å². The largest absolute Gasteiger partial charge is 0.382 e. The molecule has 8 nitrogen and oxygen atoms in total. The minimum absolute atomic E-state index is 0.114. The van der Waals surface area contributed by atoms with E-state index in [2.05, 4.69) is 20.2 Å². The molecule has 0 radical (unpaired) electrons. The predicted octanol–water partition coefficient (Wildman–Crippen LogP) is 3.58. The number of nitrogen functional groups attached to an aromatic ring is 1. The Hall–Kier alpha value is -2.35. The first-order chi connectivity index (χ1) is 14.2. The smallest absolute Gasteiger partial charge is 0.315 e. The van der Waals surface area contributed by atoms with Gasteiger partial charge in [-0.25, -0.2) is 14.8 Å². The van der Waals surface area contributed by atoms with E-state index in [-0.39, 0.29) is 12.1 Å². The van der Waals surface area contributed by atoms with Crippen molar-refractivity contribution in [1.82, 2.24) is 25.2 Å². The van der Waals surface area contributed by atoms with Crippen molar-refractivity contribution < 1.29 is 9.53 Å². The SMILES string of the molecule is CCOCc1nc2c(N)nc(C)c(C)c2n1CC(C)(C)NC(=O)NC1CCCCC1. The second kappa shape index (κ2) is 9.20. The molecule has 4 N–H and O–H groups in total. The zero-order valence-corrected chi connectivity index (χ0v) is 19.0. The van der Waals surface area contributed by atoms with Crippen LogP contribution in [0.2, 0.25) is 0 Å². The van der Waals surface area contributed by atoms with E-state index in [9.17, 15) is 4.79 Å². The molecule has 30 heavy (non-hydrogen) atoms. The minimum Gasteiger partial charge on any atom is -0.382 e. The summed E-state index contributed by atoms with van der Waals surface area (Å²) in [7, 11) is 0. The zero-order chi connectivity index (χ0) is 21.9. The Morgan fingerprint density at radius 2 is 1.93 bits per heavy atom. The lowest BCUT2D eigenvalue weighted by molar-refractivity contribution is 0.124. The van der Waals surface area contributed by atoms with E-state index in [1.807, 2.05) is 34.6 Å². The Kier molecular flexibility index (Phi) is 6.85. The van der Waals surface area contributed by atoms with Gasteiger partial charge < -0.3 is 25.7 Å². The number of carbonyl (C=O) groups is 1. The van der Waals surface area contributed by atoms with Crippen LogP contribution in [0, 0.1) is 13.8 Å². The zero-order valence-electron chi connectivity index (χ0n) is 19.0. The number of anilines is 1. The molecule has 1 aliphatic carbocycles. The van der Waals surface area contributed by atoms with Gasteiger partial charge >= 0.3 is 6.03 Å². The molecule has 2 aromatic heterocycles. The summed E-state index contributed by atoms with van der Waals surface area (Å²) in [6, 6.07) is 0.157. The van der Waals surface area contributed by atoms with Crippen LogP contribution in [-0.4, -0.2) is 38.8 Å². The number of urea groups is 1. The van der Waals surface area contributed by atoms with Crippen LogP contribution < -0.4 is 16.4 Å². The Bertz CT molecular complexity index is 899. The van der Waals surface area contributed by atoms with Gasteiger partial charge in [-0.3, -0.25) is 0 Å². The van der Waals surface area contributed by atoms with Crippen LogP contribution in [0.3, 0.4) is 0 Å². The molecular weight excluding hydrogens is 380 g/mol. The lowest BCUT2D eigenvalue weighted by atomic mass is 9.95. The molecule has 0 aromatic carbocycles. The van der Waals surface area contributed by atoms with Crippen LogP contribution >= 0.6 is 0 Å². The van der Waals surface area contributed by atoms with Crippen molar-refractivity contribution in [2.45, 2.75) is 91.5 Å². The van der Waals surface area contributed by atoms with E-state index in [1.165, 1.54) is 19.3 Å². The molecule has 8 heteroatoms. The van der Waals surface area contributed by atoms with Crippen LogP contribution in [0.5, 0.6) is 0 Å². The molecule has 0 aliphatic heterocycles. The number of amides is 2. The van der Waals surface area contributed by atoms with Crippen molar-refractivity contribution in [3.05, 3.63) is 17.1 Å². The fourth-order valence-corrected chi connectivity index (χ4v) is 4.23. The maximum atomic E-state index is 12.6. The van der Waals surface area contributed by atoms with E-state index in [0.717, 1.165) is 35.4 Å². The van der Waals surface area contributed by atoms with Crippen molar-refractivity contribution in [2.75, 3.05) is 12.3 Å².